The number of carbonyl (C=O) groups is 2. The lowest BCUT2D eigenvalue weighted by Gasteiger charge is -2.09. The monoisotopic (exact) mass is 342 g/mol. The van der Waals surface area contributed by atoms with Crippen LogP contribution in [0.4, 0.5) is 0 Å². The Morgan fingerprint density at radius 3 is 2.54 bits per heavy atom. The molecule has 0 aliphatic carbocycles. The highest BCUT2D eigenvalue weighted by molar-refractivity contribution is 7.21. The molecule has 122 valence electrons. The number of carboxylic acids is 1. The highest BCUT2D eigenvalue weighted by Crippen LogP contribution is 2.37. The number of Topliss-reactive ketones (excluding diaryl/α,β-unsaturated/α-hetero) is 1. The first-order chi connectivity index (χ1) is 11.6. The number of hydrogen-bond donors (Lipinski definition) is 1. The molecule has 0 atom stereocenters. The number of thiophene rings is 1. The van der Waals surface area contributed by atoms with E-state index >= 15 is 0 Å². The van der Waals surface area contributed by atoms with E-state index in [9.17, 15) is 14.7 Å². The molecule has 0 spiro atoms. The van der Waals surface area contributed by atoms with Gasteiger partial charge in [0, 0.05) is 10.1 Å². The van der Waals surface area contributed by atoms with Gasteiger partial charge >= 0.3 is 5.97 Å². The Hall–Kier alpha value is -2.86. The van der Waals surface area contributed by atoms with Gasteiger partial charge < -0.3 is 14.6 Å². The maximum absolute atomic E-state index is 12.4. The molecule has 0 bridgehead atoms. The lowest BCUT2D eigenvalue weighted by Crippen LogP contribution is -2.13. The summed E-state index contributed by atoms with van der Waals surface area (Å²) < 4.78 is 11.6. The largest absolute Gasteiger partial charge is 0.496 e. The number of benzene rings is 2. The Bertz CT molecular complexity index is 913. The van der Waals surface area contributed by atoms with Crippen LogP contribution in [0.1, 0.15) is 20.0 Å². The van der Waals surface area contributed by atoms with Crippen LogP contribution in [-0.2, 0) is 0 Å². The number of fused-ring (bicyclic) bond motifs is 1. The van der Waals surface area contributed by atoms with Crippen molar-refractivity contribution in [2.24, 2.45) is 0 Å². The second-order valence-corrected chi connectivity index (χ2v) is 6.03. The van der Waals surface area contributed by atoms with Crippen LogP contribution in [0.5, 0.6) is 11.5 Å². The summed E-state index contributed by atoms with van der Waals surface area (Å²) >= 11 is 1.13. The third kappa shape index (κ3) is 2.96. The van der Waals surface area contributed by atoms with Crippen LogP contribution in [0.15, 0.2) is 48.5 Å². The highest BCUT2D eigenvalue weighted by Gasteiger charge is 2.21. The Morgan fingerprint density at radius 2 is 1.79 bits per heavy atom. The third-order valence-electron chi connectivity index (χ3n) is 3.50. The van der Waals surface area contributed by atoms with E-state index in [4.69, 9.17) is 9.47 Å². The summed E-state index contributed by atoms with van der Waals surface area (Å²) in [4.78, 5) is 23.9. The predicted octanol–water partition coefficient (Wildman–Crippen LogP) is 3.87. The first kappa shape index (κ1) is 16.0. The van der Waals surface area contributed by atoms with Crippen LogP contribution in [-0.4, -0.2) is 30.6 Å². The Kier molecular flexibility index (Phi) is 4.48. The molecule has 1 aromatic heterocycles. The number of hydrogen-bond acceptors (Lipinski definition) is 5. The molecular formula is C18H14O5S. The molecule has 2 aromatic carbocycles. The molecule has 1 N–H and O–H groups in total. The molecule has 0 saturated heterocycles. The summed E-state index contributed by atoms with van der Waals surface area (Å²) in [5, 5.41) is 10.0. The van der Waals surface area contributed by atoms with Gasteiger partial charge in [0.2, 0.25) is 5.78 Å². The molecule has 3 aromatic rings. The van der Waals surface area contributed by atoms with Crippen LogP contribution >= 0.6 is 11.3 Å². The van der Waals surface area contributed by atoms with Gasteiger partial charge in [-0.15, -0.1) is 11.3 Å². The van der Waals surface area contributed by atoms with Crippen molar-refractivity contribution in [2.45, 2.75) is 0 Å². The summed E-state index contributed by atoms with van der Waals surface area (Å²) in [6, 6.07) is 14.1. The fraction of sp³-hybridized carbons (Fsp3) is 0.111. The first-order valence-corrected chi connectivity index (χ1v) is 7.97. The van der Waals surface area contributed by atoms with Gasteiger partial charge in [-0.25, -0.2) is 4.79 Å². The molecule has 3 rings (SSSR count). The maximum atomic E-state index is 12.4. The Labute approximate surface area is 142 Å². The summed E-state index contributed by atoms with van der Waals surface area (Å²) in [6.07, 6.45) is 0. The number of ether oxygens (including phenoxy) is 2. The topological polar surface area (TPSA) is 72.8 Å². The van der Waals surface area contributed by atoms with E-state index in [1.807, 2.05) is 12.1 Å². The van der Waals surface area contributed by atoms with Gasteiger partial charge in [0.25, 0.3) is 0 Å². The van der Waals surface area contributed by atoms with Crippen LogP contribution in [0.2, 0.25) is 0 Å². The number of carboxylic acid groups (broad SMARTS) is 1. The van der Waals surface area contributed by atoms with Crippen molar-refractivity contribution in [1.29, 1.82) is 0 Å². The SMILES string of the molecule is COc1ccccc1C(=O)COc1c(C(=O)O)sc2ccccc12. The lowest BCUT2D eigenvalue weighted by atomic mass is 10.1. The zero-order chi connectivity index (χ0) is 17.1. The van der Waals surface area contributed by atoms with Gasteiger partial charge in [-0.3, -0.25) is 4.79 Å². The van der Waals surface area contributed by atoms with E-state index in [0.717, 1.165) is 16.0 Å². The van der Waals surface area contributed by atoms with Crippen molar-refractivity contribution in [2.75, 3.05) is 13.7 Å². The fourth-order valence-corrected chi connectivity index (χ4v) is 3.38. The normalized spacial score (nSPS) is 10.5. The zero-order valence-electron chi connectivity index (χ0n) is 12.8. The van der Waals surface area contributed by atoms with E-state index in [1.54, 1.807) is 36.4 Å². The summed E-state index contributed by atoms with van der Waals surface area (Å²) in [5.41, 5.74) is 0.399. The molecule has 0 aliphatic heterocycles. The molecule has 6 heteroatoms. The van der Waals surface area contributed by atoms with Crippen molar-refractivity contribution >= 4 is 33.2 Å². The van der Waals surface area contributed by atoms with E-state index in [0.29, 0.717) is 16.7 Å². The van der Waals surface area contributed by atoms with Gasteiger partial charge in [-0.05, 0) is 24.3 Å². The maximum Gasteiger partial charge on any atom is 0.349 e. The molecule has 0 saturated carbocycles. The summed E-state index contributed by atoms with van der Waals surface area (Å²) in [5.74, 6) is -0.666. The van der Waals surface area contributed by atoms with Gasteiger partial charge in [0.05, 0.1) is 12.7 Å². The fourth-order valence-electron chi connectivity index (χ4n) is 2.40. The average molecular weight is 342 g/mol. The zero-order valence-corrected chi connectivity index (χ0v) is 13.6. The van der Waals surface area contributed by atoms with Crippen molar-refractivity contribution in [3.63, 3.8) is 0 Å². The highest BCUT2D eigenvalue weighted by atomic mass is 32.1. The van der Waals surface area contributed by atoms with Crippen molar-refractivity contribution in [3.8, 4) is 11.5 Å². The second kappa shape index (κ2) is 6.72. The first-order valence-electron chi connectivity index (χ1n) is 7.15. The molecule has 0 unspecified atom stereocenters. The summed E-state index contributed by atoms with van der Waals surface area (Å²) in [6.45, 7) is -0.263. The smallest absolute Gasteiger partial charge is 0.349 e. The second-order valence-electron chi connectivity index (χ2n) is 4.97. The minimum atomic E-state index is -1.07. The molecule has 0 amide bonds. The van der Waals surface area contributed by atoms with E-state index in [2.05, 4.69) is 0 Å². The molecule has 0 fully saturated rings. The molecule has 5 nitrogen and oxygen atoms in total. The minimum absolute atomic E-state index is 0.0871. The summed E-state index contributed by atoms with van der Waals surface area (Å²) in [7, 11) is 1.49. The quantitative estimate of drug-likeness (QED) is 0.689. The van der Waals surface area contributed by atoms with Crippen molar-refractivity contribution < 1.29 is 24.2 Å². The van der Waals surface area contributed by atoms with Crippen LogP contribution < -0.4 is 9.47 Å². The third-order valence-corrected chi connectivity index (χ3v) is 4.64. The lowest BCUT2D eigenvalue weighted by molar-refractivity contribution is 0.0695. The van der Waals surface area contributed by atoms with Gasteiger partial charge in [0.1, 0.15) is 5.75 Å². The van der Waals surface area contributed by atoms with Gasteiger partial charge in [0.15, 0.2) is 17.2 Å². The van der Waals surface area contributed by atoms with E-state index < -0.39 is 5.97 Å². The van der Waals surface area contributed by atoms with E-state index in [-0.39, 0.29) is 23.0 Å². The van der Waals surface area contributed by atoms with E-state index in [1.165, 1.54) is 7.11 Å². The molecule has 1 heterocycles. The van der Waals surface area contributed by atoms with Crippen molar-refractivity contribution in [1.82, 2.24) is 0 Å². The molecular weight excluding hydrogens is 328 g/mol. The van der Waals surface area contributed by atoms with Crippen LogP contribution in [0.25, 0.3) is 10.1 Å². The van der Waals surface area contributed by atoms with Crippen LogP contribution in [0, 0.1) is 0 Å². The minimum Gasteiger partial charge on any atom is -0.496 e. The number of rotatable bonds is 6. The average Bonchev–Trinajstić information content (AvgIpc) is 2.98. The number of para-hydroxylation sites is 1. The molecule has 24 heavy (non-hydrogen) atoms. The van der Waals surface area contributed by atoms with Gasteiger partial charge in [-0.2, -0.15) is 0 Å². The Balaban J connectivity index is 1.89. The number of carbonyl (C=O) groups excluding carboxylic acids is 1. The number of ketones is 1. The molecule has 0 aliphatic rings. The number of methoxy groups -OCH3 is 1. The van der Waals surface area contributed by atoms with Crippen molar-refractivity contribution in [3.05, 3.63) is 59.0 Å². The predicted molar refractivity (Wildman–Crippen MR) is 91.6 cm³/mol. The standard InChI is InChI=1S/C18H14O5S/c1-22-14-8-4-2-6-11(14)13(19)10-23-16-12-7-3-5-9-15(12)24-17(16)18(20)21/h2-9H,10H2,1H3,(H,20,21). The Morgan fingerprint density at radius 1 is 1.08 bits per heavy atom. The van der Waals surface area contributed by atoms with Crippen LogP contribution in [0.3, 0.4) is 0 Å². The molecule has 0 radical (unpaired) electrons. The number of aromatic carboxylic acids is 1. The van der Waals surface area contributed by atoms with Gasteiger partial charge in [-0.1, -0.05) is 24.3 Å².